The van der Waals surface area contributed by atoms with Crippen LogP contribution in [0.4, 0.5) is 5.69 Å². The minimum Gasteiger partial charge on any atom is -0.368 e. The van der Waals surface area contributed by atoms with Gasteiger partial charge in [0.2, 0.25) is 15.9 Å². The topological polar surface area (TPSA) is 90.0 Å². The molecule has 1 N–H and O–H groups in total. The van der Waals surface area contributed by atoms with E-state index in [1.54, 1.807) is 17.0 Å². The SMILES string of the molecule is CC1CC(C)CN(S(=O)(=O)c2cccc(C(=O)NCC(=O)N3CCN(c4ccccc4)CC3)c2)C1. The molecule has 2 unspecified atom stereocenters. The summed E-state index contributed by atoms with van der Waals surface area (Å²) in [4.78, 5) is 29.5. The van der Waals surface area contributed by atoms with E-state index in [9.17, 15) is 18.0 Å². The van der Waals surface area contributed by atoms with Crippen molar-refractivity contribution in [2.45, 2.75) is 25.2 Å². The minimum absolute atomic E-state index is 0.106. The predicted molar refractivity (Wildman–Crippen MR) is 136 cm³/mol. The van der Waals surface area contributed by atoms with Crippen molar-refractivity contribution in [3.05, 3.63) is 60.2 Å². The number of nitrogens with one attached hydrogen (secondary N) is 1. The molecule has 8 nitrogen and oxygen atoms in total. The highest BCUT2D eigenvalue weighted by molar-refractivity contribution is 7.89. The van der Waals surface area contributed by atoms with Crippen LogP contribution in [0.15, 0.2) is 59.5 Å². The van der Waals surface area contributed by atoms with Gasteiger partial charge in [0.1, 0.15) is 0 Å². The van der Waals surface area contributed by atoms with Crippen LogP contribution in [0.25, 0.3) is 0 Å². The Morgan fingerprint density at radius 3 is 2.23 bits per heavy atom. The first-order valence-electron chi connectivity index (χ1n) is 12.2. The Hall–Kier alpha value is -2.91. The third kappa shape index (κ3) is 6.02. The van der Waals surface area contributed by atoms with Crippen LogP contribution in [-0.2, 0) is 14.8 Å². The van der Waals surface area contributed by atoms with Crippen LogP contribution in [0, 0.1) is 11.8 Å². The highest BCUT2D eigenvalue weighted by atomic mass is 32.2. The Kier molecular flexibility index (Phi) is 7.76. The molecule has 2 saturated heterocycles. The van der Waals surface area contributed by atoms with Crippen LogP contribution in [0.1, 0.15) is 30.6 Å². The number of amides is 2. The fraction of sp³-hybridized carbons (Fsp3) is 0.462. The summed E-state index contributed by atoms with van der Waals surface area (Å²) in [5.74, 6) is -0.0222. The zero-order valence-corrected chi connectivity index (χ0v) is 21.2. The number of carbonyl (C=O) groups excluding carboxylic acids is 2. The van der Waals surface area contributed by atoms with Gasteiger partial charge in [-0.2, -0.15) is 4.31 Å². The highest BCUT2D eigenvalue weighted by Crippen LogP contribution is 2.27. The van der Waals surface area contributed by atoms with Gasteiger partial charge in [-0.05, 0) is 48.6 Å². The number of piperidine rings is 1. The molecule has 0 bridgehead atoms. The van der Waals surface area contributed by atoms with E-state index in [1.165, 1.54) is 16.4 Å². The molecular weight excluding hydrogens is 464 g/mol. The molecule has 0 aliphatic carbocycles. The summed E-state index contributed by atoms with van der Waals surface area (Å²) >= 11 is 0. The van der Waals surface area contributed by atoms with E-state index >= 15 is 0 Å². The summed E-state index contributed by atoms with van der Waals surface area (Å²) < 4.78 is 27.9. The quantitative estimate of drug-likeness (QED) is 0.661. The number of nitrogens with zero attached hydrogens (tertiary/aromatic N) is 3. The van der Waals surface area contributed by atoms with Crippen molar-refractivity contribution >= 4 is 27.5 Å². The van der Waals surface area contributed by atoms with Crippen molar-refractivity contribution in [3.63, 3.8) is 0 Å². The van der Waals surface area contributed by atoms with Gasteiger partial charge in [-0.25, -0.2) is 8.42 Å². The Morgan fingerprint density at radius 1 is 0.914 bits per heavy atom. The van der Waals surface area contributed by atoms with Crippen molar-refractivity contribution < 1.29 is 18.0 Å². The maximum atomic E-state index is 13.2. The second kappa shape index (κ2) is 10.8. The zero-order valence-electron chi connectivity index (χ0n) is 20.4. The lowest BCUT2D eigenvalue weighted by Gasteiger charge is -2.36. The van der Waals surface area contributed by atoms with Crippen LogP contribution in [0.2, 0.25) is 0 Å². The van der Waals surface area contributed by atoms with Crippen molar-refractivity contribution in [3.8, 4) is 0 Å². The molecular formula is C26H34N4O4S. The average molecular weight is 499 g/mol. The van der Waals surface area contributed by atoms with Gasteiger partial charge in [0, 0.05) is 50.5 Å². The molecule has 4 rings (SSSR count). The first-order valence-corrected chi connectivity index (χ1v) is 13.6. The summed E-state index contributed by atoms with van der Waals surface area (Å²) in [5.41, 5.74) is 1.36. The maximum Gasteiger partial charge on any atom is 0.251 e. The first-order chi connectivity index (χ1) is 16.7. The number of piperazine rings is 1. The molecule has 0 radical (unpaired) electrons. The third-order valence-corrected chi connectivity index (χ3v) is 8.55. The molecule has 2 aromatic carbocycles. The van der Waals surface area contributed by atoms with Gasteiger partial charge in [0.25, 0.3) is 5.91 Å². The van der Waals surface area contributed by atoms with Gasteiger partial charge in [0.15, 0.2) is 0 Å². The monoisotopic (exact) mass is 498 g/mol. The predicted octanol–water partition coefficient (Wildman–Crippen LogP) is 2.43. The fourth-order valence-corrected chi connectivity index (χ4v) is 6.70. The minimum atomic E-state index is -3.69. The molecule has 2 aromatic rings. The lowest BCUT2D eigenvalue weighted by atomic mass is 9.94. The van der Waals surface area contributed by atoms with Gasteiger partial charge in [0.05, 0.1) is 11.4 Å². The zero-order chi connectivity index (χ0) is 25.0. The van der Waals surface area contributed by atoms with Crippen LogP contribution < -0.4 is 10.2 Å². The van der Waals surface area contributed by atoms with Gasteiger partial charge >= 0.3 is 0 Å². The van der Waals surface area contributed by atoms with Crippen LogP contribution >= 0.6 is 0 Å². The normalized spacial score (nSPS) is 21.5. The largest absolute Gasteiger partial charge is 0.368 e. The van der Waals surface area contributed by atoms with E-state index in [0.29, 0.717) is 38.0 Å². The molecule has 0 saturated carbocycles. The third-order valence-electron chi connectivity index (χ3n) is 6.72. The molecule has 2 atom stereocenters. The number of hydrogen-bond donors (Lipinski definition) is 1. The fourth-order valence-electron chi connectivity index (χ4n) is 4.97. The molecule has 0 aromatic heterocycles. The van der Waals surface area contributed by atoms with Crippen molar-refractivity contribution in [2.75, 3.05) is 50.7 Å². The second-order valence-electron chi connectivity index (χ2n) is 9.68. The average Bonchev–Trinajstić information content (AvgIpc) is 2.87. The number of carbonyl (C=O) groups is 2. The van der Waals surface area contributed by atoms with Gasteiger partial charge < -0.3 is 15.1 Å². The number of para-hydroxylation sites is 1. The van der Waals surface area contributed by atoms with Crippen molar-refractivity contribution in [2.24, 2.45) is 11.8 Å². The Balaban J connectivity index is 1.32. The molecule has 2 amide bonds. The molecule has 9 heteroatoms. The summed E-state index contributed by atoms with van der Waals surface area (Å²) in [6, 6.07) is 16.1. The number of anilines is 1. The Bertz CT molecular complexity index is 1140. The maximum absolute atomic E-state index is 13.2. The van der Waals surface area contributed by atoms with Crippen molar-refractivity contribution in [1.29, 1.82) is 0 Å². The molecule has 2 fully saturated rings. The van der Waals surface area contributed by atoms with Gasteiger partial charge in [-0.3, -0.25) is 9.59 Å². The Labute approximate surface area is 207 Å². The summed E-state index contributed by atoms with van der Waals surface area (Å²) in [6.07, 6.45) is 1.00. The summed E-state index contributed by atoms with van der Waals surface area (Å²) in [6.45, 7) is 7.59. The number of sulfonamides is 1. The van der Waals surface area contributed by atoms with Gasteiger partial charge in [-0.15, -0.1) is 0 Å². The van der Waals surface area contributed by atoms with Crippen LogP contribution in [0.3, 0.4) is 0 Å². The molecule has 2 aliphatic heterocycles. The number of hydrogen-bond acceptors (Lipinski definition) is 5. The van der Waals surface area contributed by atoms with E-state index in [1.807, 2.05) is 18.2 Å². The van der Waals surface area contributed by atoms with E-state index in [-0.39, 0.29) is 22.9 Å². The first kappa shape index (κ1) is 25.2. The van der Waals surface area contributed by atoms with Crippen molar-refractivity contribution in [1.82, 2.24) is 14.5 Å². The Morgan fingerprint density at radius 2 is 1.57 bits per heavy atom. The second-order valence-corrected chi connectivity index (χ2v) is 11.6. The molecule has 0 spiro atoms. The highest BCUT2D eigenvalue weighted by Gasteiger charge is 2.32. The lowest BCUT2D eigenvalue weighted by molar-refractivity contribution is -0.130. The number of benzene rings is 2. The van der Waals surface area contributed by atoms with E-state index in [4.69, 9.17) is 0 Å². The molecule has 188 valence electrons. The summed E-state index contributed by atoms with van der Waals surface area (Å²) in [7, 11) is -3.69. The van der Waals surface area contributed by atoms with E-state index in [2.05, 4.69) is 36.2 Å². The lowest BCUT2D eigenvalue weighted by Crippen LogP contribution is -2.51. The number of rotatable bonds is 6. The van der Waals surface area contributed by atoms with Gasteiger partial charge in [-0.1, -0.05) is 38.1 Å². The standard InChI is InChI=1S/C26H34N4O4S/c1-20-15-21(2)19-30(18-20)35(33,34)24-10-6-7-22(16-24)26(32)27-17-25(31)29-13-11-28(12-14-29)23-8-4-3-5-9-23/h3-10,16,20-21H,11-15,17-19H2,1-2H3,(H,27,32). The van der Waals surface area contributed by atoms with Crippen LogP contribution in [-0.4, -0.2) is 75.3 Å². The smallest absolute Gasteiger partial charge is 0.251 e. The molecule has 2 aliphatic rings. The van der Waals surface area contributed by atoms with E-state index < -0.39 is 15.9 Å². The van der Waals surface area contributed by atoms with Crippen LogP contribution in [0.5, 0.6) is 0 Å². The molecule has 2 heterocycles. The van der Waals surface area contributed by atoms with E-state index in [0.717, 1.165) is 25.2 Å². The summed E-state index contributed by atoms with van der Waals surface area (Å²) in [5, 5.41) is 2.66. The molecule has 35 heavy (non-hydrogen) atoms.